The first-order valence-corrected chi connectivity index (χ1v) is 14.4. The van der Waals surface area contributed by atoms with Gasteiger partial charge in [-0.1, -0.05) is 18.2 Å². The van der Waals surface area contributed by atoms with Crippen molar-refractivity contribution in [2.75, 3.05) is 18.8 Å². The lowest BCUT2D eigenvalue weighted by Crippen LogP contribution is -2.43. The Bertz CT molecular complexity index is 1740. The first kappa shape index (κ1) is 28.3. The molecule has 2 aliphatic rings. The summed E-state index contributed by atoms with van der Waals surface area (Å²) in [5.74, 6) is 0.270. The maximum atomic E-state index is 15.6. The van der Waals surface area contributed by atoms with Crippen LogP contribution in [-0.4, -0.2) is 55.2 Å². The number of likely N-dealkylation sites (tertiary alicyclic amines) is 1. The van der Waals surface area contributed by atoms with E-state index < -0.39 is 11.4 Å². The number of rotatable bonds is 8. The molecule has 1 amide bonds. The monoisotopic (exact) mass is 580 g/mol. The Labute approximate surface area is 249 Å². The quantitative estimate of drug-likeness (QED) is 0.216. The molecule has 0 unspecified atom stereocenters. The Kier molecular flexibility index (Phi) is 7.54. The van der Waals surface area contributed by atoms with Crippen LogP contribution in [0.3, 0.4) is 0 Å². The fourth-order valence-corrected chi connectivity index (χ4v) is 5.62. The van der Waals surface area contributed by atoms with Crippen molar-refractivity contribution in [1.29, 1.82) is 5.26 Å². The van der Waals surface area contributed by atoms with E-state index in [1.54, 1.807) is 39.9 Å². The first-order chi connectivity index (χ1) is 20.7. The van der Waals surface area contributed by atoms with Gasteiger partial charge in [0.05, 0.1) is 11.4 Å². The number of carbonyl (C=O) groups is 1. The number of nitrogens with zero attached hydrogens (tertiary/aromatic N) is 6. The second kappa shape index (κ2) is 11.5. The molecule has 4 aromatic rings. The average molecular weight is 581 g/mol. The molecule has 10 nitrogen and oxygen atoms in total. The number of halogens is 1. The lowest BCUT2D eigenvalue weighted by Gasteiger charge is -2.33. The van der Waals surface area contributed by atoms with Crippen molar-refractivity contribution in [3.8, 4) is 28.8 Å². The molecule has 43 heavy (non-hydrogen) atoms. The van der Waals surface area contributed by atoms with Crippen LogP contribution >= 0.6 is 0 Å². The van der Waals surface area contributed by atoms with Gasteiger partial charge in [0, 0.05) is 36.3 Å². The van der Waals surface area contributed by atoms with Gasteiger partial charge < -0.3 is 20.7 Å². The number of fused-ring (bicyclic) bond motifs is 1. The number of carbonyl (C=O) groups excluding carboxylic acids is 1. The standard InChI is InChI=1S/C32H33FN8O2/c1-32(2,38-21-10-11-21)16-20(17-34)31(42)40-14-6-7-22(18-40)41-30-27(29(35)36-19-37-30)28(39-41)25-13-12-24(15-26(25)33)43-23-8-4-3-5-9-23/h3-5,8-9,12-13,15-16,19,21-22,38H,6-7,10-11,14,18H2,1-2H3,(H2,35,36,37)/t22-/m1/s1. The van der Waals surface area contributed by atoms with Crippen LogP contribution in [0.1, 0.15) is 45.6 Å². The van der Waals surface area contributed by atoms with Gasteiger partial charge >= 0.3 is 0 Å². The van der Waals surface area contributed by atoms with Gasteiger partial charge in [-0.05, 0) is 69.9 Å². The predicted molar refractivity (Wildman–Crippen MR) is 160 cm³/mol. The molecule has 1 aliphatic carbocycles. The highest BCUT2D eigenvalue weighted by Crippen LogP contribution is 2.36. The zero-order valence-electron chi connectivity index (χ0n) is 24.1. The summed E-state index contributed by atoms with van der Waals surface area (Å²) in [6, 6.07) is 16.0. The lowest BCUT2D eigenvalue weighted by molar-refractivity contribution is -0.128. The van der Waals surface area contributed by atoms with Crippen LogP contribution in [-0.2, 0) is 4.79 Å². The molecule has 0 bridgehead atoms. The molecule has 2 aromatic heterocycles. The number of nitrogens with two attached hydrogens (primary N) is 1. The fraction of sp³-hybridized carbons (Fsp3) is 0.344. The summed E-state index contributed by atoms with van der Waals surface area (Å²) in [4.78, 5) is 23.8. The second-order valence-corrected chi connectivity index (χ2v) is 11.7. The van der Waals surface area contributed by atoms with Crippen LogP contribution in [0.5, 0.6) is 11.5 Å². The van der Waals surface area contributed by atoms with E-state index in [9.17, 15) is 10.1 Å². The van der Waals surface area contributed by atoms with Gasteiger partial charge in [-0.3, -0.25) is 4.79 Å². The third kappa shape index (κ3) is 6.05. The lowest BCUT2D eigenvalue weighted by atomic mass is 9.99. The van der Waals surface area contributed by atoms with Gasteiger partial charge in [0.25, 0.3) is 5.91 Å². The minimum absolute atomic E-state index is 0.108. The van der Waals surface area contributed by atoms with Crippen LogP contribution in [0, 0.1) is 17.1 Å². The van der Waals surface area contributed by atoms with E-state index in [2.05, 4.69) is 21.4 Å². The first-order valence-electron chi connectivity index (χ1n) is 14.4. The molecule has 1 saturated carbocycles. The smallest absolute Gasteiger partial charge is 0.264 e. The number of nitrogen functional groups attached to an aromatic ring is 1. The average Bonchev–Trinajstić information content (AvgIpc) is 3.72. The maximum absolute atomic E-state index is 15.6. The number of nitriles is 1. The number of para-hydroxylation sites is 1. The molecule has 3 N–H and O–H groups in total. The van der Waals surface area contributed by atoms with E-state index in [0.29, 0.717) is 53.8 Å². The minimum Gasteiger partial charge on any atom is -0.457 e. The Morgan fingerprint density at radius 2 is 1.95 bits per heavy atom. The van der Waals surface area contributed by atoms with Crippen molar-refractivity contribution in [2.24, 2.45) is 0 Å². The third-order valence-electron chi connectivity index (χ3n) is 7.73. The SMILES string of the molecule is CC(C)(C=C(C#N)C(=O)N1CCC[C@@H](n2nc(-c3ccc(Oc4ccccc4)cc3F)c3c(N)ncnc32)C1)NC1CC1. The largest absolute Gasteiger partial charge is 0.457 e. The van der Waals surface area contributed by atoms with Crippen LogP contribution in [0.4, 0.5) is 10.2 Å². The zero-order valence-corrected chi connectivity index (χ0v) is 24.1. The highest BCUT2D eigenvalue weighted by atomic mass is 19.1. The highest BCUT2D eigenvalue weighted by Gasteiger charge is 2.33. The molecule has 1 aliphatic heterocycles. The van der Waals surface area contributed by atoms with E-state index in [-0.39, 0.29) is 28.9 Å². The van der Waals surface area contributed by atoms with E-state index in [1.165, 1.54) is 12.4 Å². The number of ether oxygens (including phenoxy) is 1. The number of piperidine rings is 1. The van der Waals surface area contributed by atoms with Gasteiger partial charge in [0.1, 0.15) is 46.8 Å². The number of aromatic nitrogens is 4. The summed E-state index contributed by atoms with van der Waals surface area (Å²) in [5.41, 5.74) is 6.91. The molecule has 1 atom stereocenters. The summed E-state index contributed by atoms with van der Waals surface area (Å²) in [7, 11) is 0. The summed E-state index contributed by atoms with van der Waals surface area (Å²) in [5, 5.41) is 18.6. The van der Waals surface area contributed by atoms with E-state index in [0.717, 1.165) is 19.3 Å². The topological polar surface area (TPSA) is 135 Å². The normalized spacial score (nSPS) is 17.6. The summed E-state index contributed by atoms with van der Waals surface area (Å²) in [6.45, 7) is 4.78. The molecule has 0 spiro atoms. The highest BCUT2D eigenvalue weighted by molar-refractivity contribution is 5.99. The molecule has 11 heteroatoms. The van der Waals surface area contributed by atoms with Crippen molar-refractivity contribution in [3.63, 3.8) is 0 Å². The molecule has 6 rings (SSSR count). The van der Waals surface area contributed by atoms with Crippen molar-refractivity contribution >= 4 is 22.8 Å². The van der Waals surface area contributed by atoms with Gasteiger partial charge in [-0.25, -0.2) is 19.0 Å². The van der Waals surface area contributed by atoms with Gasteiger partial charge in [0.15, 0.2) is 5.65 Å². The Morgan fingerprint density at radius 3 is 2.67 bits per heavy atom. The van der Waals surface area contributed by atoms with Crippen molar-refractivity contribution in [3.05, 3.63) is 72.3 Å². The minimum atomic E-state index is -0.532. The Hall–Kier alpha value is -4.82. The molecule has 3 heterocycles. The van der Waals surface area contributed by atoms with Gasteiger partial charge in [-0.15, -0.1) is 0 Å². The van der Waals surface area contributed by atoms with Crippen LogP contribution in [0.25, 0.3) is 22.3 Å². The number of nitrogens with one attached hydrogen (secondary N) is 1. The predicted octanol–water partition coefficient (Wildman–Crippen LogP) is 5.15. The second-order valence-electron chi connectivity index (χ2n) is 11.7. The molecule has 2 fully saturated rings. The van der Waals surface area contributed by atoms with Gasteiger partial charge in [-0.2, -0.15) is 10.4 Å². The molecular weight excluding hydrogens is 547 g/mol. The Balaban J connectivity index is 1.29. The molecule has 0 radical (unpaired) electrons. The van der Waals surface area contributed by atoms with Crippen LogP contribution in [0.15, 0.2) is 66.5 Å². The maximum Gasteiger partial charge on any atom is 0.264 e. The van der Waals surface area contributed by atoms with Crippen LogP contribution < -0.4 is 15.8 Å². The number of amides is 1. The van der Waals surface area contributed by atoms with Crippen molar-refractivity contribution < 1.29 is 13.9 Å². The summed E-state index contributed by atoms with van der Waals surface area (Å²) >= 11 is 0. The van der Waals surface area contributed by atoms with Crippen molar-refractivity contribution in [1.82, 2.24) is 30.0 Å². The number of hydrogen-bond donors (Lipinski definition) is 2. The zero-order chi connectivity index (χ0) is 30.1. The van der Waals surface area contributed by atoms with E-state index in [1.807, 2.05) is 32.0 Å². The molecule has 1 saturated heterocycles. The molecule has 220 valence electrons. The molecule has 2 aromatic carbocycles. The van der Waals surface area contributed by atoms with E-state index >= 15 is 4.39 Å². The summed E-state index contributed by atoms with van der Waals surface area (Å²) in [6.07, 6.45) is 6.70. The van der Waals surface area contributed by atoms with Crippen molar-refractivity contribution in [2.45, 2.75) is 57.2 Å². The Morgan fingerprint density at radius 1 is 1.16 bits per heavy atom. The molecular formula is C32H33FN8O2. The third-order valence-corrected chi connectivity index (χ3v) is 7.73. The van der Waals surface area contributed by atoms with Gasteiger partial charge in [0.2, 0.25) is 0 Å². The number of hydrogen-bond acceptors (Lipinski definition) is 8. The van der Waals surface area contributed by atoms with E-state index in [4.69, 9.17) is 15.6 Å². The number of benzene rings is 2. The fourth-order valence-electron chi connectivity index (χ4n) is 5.62. The summed E-state index contributed by atoms with van der Waals surface area (Å²) < 4.78 is 23.1. The number of anilines is 1. The van der Waals surface area contributed by atoms with Crippen LogP contribution in [0.2, 0.25) is 0 Å².